The maximum absolute atomic E-state index is 12.4. The zero-order valence-electron chi connectivity index (χ0n) is 7.84. The molecule has 4 nitrogen and oxygen atoms in total. The van der Waals surface area contributed by atoms with Crippen molar-refractivity contribution in [3.05, 3.63) is 11.6 Å². The van der Waals surface area contributed by atoms with E-state index < -0.39 is 18.8 Å². The molecule has 1 aromatic heterocycles. The van der Waals surface area contributed by atoms with Crippen molar-refractivity contribution in [1.29, 1.82) is 0 Å². The summed E-state index contributed by atoms with van der Waals surface area (Å²) < 4.78 is 38.1. The maximum atomic E-state index is 12.4. The Morgan fingerprint density at radius 1 is 1.43 bits per heavy atom. The van der Waals surface area contributed by atoms with Crippen molar-refractivity contribution in [3.63, 3.8) is 0 Å². The van der Waals surface area contributed by atoms with E-state index in [1.807, 2.05) is 0 Å². The number of nitrogens with two attached hydrogens (primary N) is 1. The summed E-state index contributed by atoms with van der Waals surface area (Å²) in [6.07, 6.45) is -4.39. The Kier molecular flexibility index (Phi) is 2.79. The zero-order chi connectivity index (χ0) is 10.9. The molecule has 0 saturated heterocycles. The van der Waals surface area contributed by atoms with Gasteiger partial charge in [0.1, 0.15) is 11.6 Å². The van der Waals surface area contributed by atoms with Crippen molar-refractivity contribution in [2.24, 2.45) is 5.73 Å². The molecule has 1 atom stereocenters. The van der Waals surface area contributed by atoms with Crippen LogP contribution in [0, 0.1) is 13.8 Å². The Balaban J connectivity index is 3.07. The number of alkyl halides is 3. The molecule has 0 amide bonds. The zero-order valence-corrected chi connectivity index (χ0v) is 7.84. The lowest BCUT2D eigenvalue weighted by molar-refractivity contribution is -0.167. The average Bonchev–Trinajstić information content (AvgIpc) is 2.29. The molecule has 0 aliphatic heterocycles. The highest BCUT2D eigenvalue weighted by Crippen LogP contribution is 2.29. The fraction of sp³-hybridized carbons (Fsp3) is 0.714. The summed E-state index contributed by atoms with van der Waals surface area (Å²) in [6.45, 7) is 2.47. The van der Waals surface area contributed by atoms with Gasteiger partial charge in [0.15, 0.2) is 6.04 Å². The van der Waals surface area contributed by atoms with Gasteiger partial charge in [-0.2, -0.15) is 18.3 Å². The molecule has 80 valence electrons. The first-order valence-corrected chi connectivity index (χ1v) is 4.02. The fourth-order valence-corrected chi connectivity index (χ4v) is 1.20. The molecule has 0 aliphatic carbocycles. The molecule has 1 aromatic rings. The van der Waals surface area contributed by atoms with E-state index in [0.717, 1.165) is 4.68 Å². The van der Waals surface area contributed by atoms with Crippen LogP contribution in [0.2, 0.25) is 0 Å². The summed E-state index contributed by atoms with van der Waals surface area (Å²) in [4.78, 5) is 3.79. The minimum Gasteiger partial charge on any atom is -0.328 e. The first kappa shape index (κ1) is 11.0. The summed E-state index contributed by atoms with van der Waals surface area (Å²) in [5.74, 6) is 0.528. The van der Waals surface area contributed by atoms with Crippen LogP contribution in [0.15, 0.2) is 0 Å². The van der Waals surface area contributed by atoms with E-state index in [9.17, 15) is 13.2 Å². The number of aryl methyl sites for hydroxylation is 2. The van der Waals surface area contributed by atoms with Gasteiger partial charge in [0.05, 0.1) is 0 Å². The molecule has 0 aliphatic rings. The van der Waals surface area contributed by atoms with Crippen LogP contribution < -0.4 is 5.73 Å². The van der Waals surface area contributed by atoms with E-state index >= 15 is 0 Å². The van der Waals surface area contributed by atoms with Gasteiger partial charge in [0, 0.05) is 6.54 Å². The number of rotatable bonds is 2. The van der Waals surface area contributed by atoms with Gasteiger partial charge in [-0.05, 0) is 13.8 Å². The van der Waals surface area contributed by atoms with Crippen LogP contribution in [-0.4, -0.2) is 27.5 Å². The molecule has 2 N–H and O–H groups in total. The smallest absolute Gasteiger partial charge is 0.328 e. The summed E-state index contributed by atoms with van der Waals surface area (Å²) in [6, 6.07) is -1.79. The molecule has 0 radical (unpaired) electrons. The predicted octanol–water partition coefficient (Wildman–Crippen LogP) is 0.957. The standard InChI is InChI=1S/C7H11F3N4/c1-4-12-5(2)14(13-4)6(3-11)7(8,9)10/h6H,3,11H2,1-2H3. The normalized spacial score (nSPS) is 14.4. The lowest BCUT2D eigenvalue weighted by Gasteiger charge is -2.19. The Bertz CT molecular complexity index is 317. The molecule has 1 unspecified atom stereocenters. The minimum atomic E-state index is -4.39. The Labute approximate surface area is 78.9 Å². The molecular weight excluding hydrogens is 197 g/mol. The van der Waals surface area contributed by atoms with Gasteiger partial charge < -0.3 is 5.73 Å². The van der Waals surface area contributed by atoms with Gasteiger partial charge in [-0.3, -0.25) is 0 Å². The molecule has 1 rings (SSSR count). The van der Waals surface area contributed by atoms with Crippen LogP contribution in [0.4, 0.5) is 13.2 Å². The maximum Gasteiger partial charge on any atom is 0.412 e. The van der Waals surface area contributed by atoms with Gasteiger partial charge in [-0.25, -0.2) is 9.67 Å². The van der Waals surface area contributed by atoms with Gasteiger partial charge >= 0.3 is 6.18 Å². The minimum absolute atomic E-state index is 0.218. The fourth-order valence-electron chi connectivity index (χ4n) is 1.20. The van der Waals surface area contributed by atoms with Crippen molar-refractivity contribution in [3.8, 4) is 0 Å². The van der Waals surface area contributed by atoms with Gasteiger partial charge in [0.25, 0.3) is 0 Å². The van der Waals surface area contributed by atoms with E-state index in [1.54, 1.807) is 0 Å². The van der Waals surface area contributed by atoms with Crippen molar-refractivity contribution in [1.82, 2.24) is 14.8 Å². The predicted molar refractivity (Wildman–Crippen MR) is 43.6 cm³/mol. The van der Waals surface area contributed by atoms with Crippen LogP contribution in [0.25, 0.3) is 0 Å². The first-order valence-electron chi connectivity index (χ1n) is 4.02. The van der Waals surface area contributed by atoms with E-state index in [0.29, 0.717) is 5.82 Å². The topological polar surface area (TPSA) is 56.7 Å². The Hall–Kier alpha value is -1.11. The largest absolute Gasteiger partial charge is 0.412 e. The molecule has 7 heteroatoms. The third-order valence-corrected chi connectivity index (χ3v) is 1.80. The highest BCUT2D eigenvalue weighted by molar-refractivity contribution is 4.92. The molecule has 0 bridgehead atoms. The summed E-state index contributed by atoms with van der Waals surface area (Å²) in [5, 5.41) is 3.65. The molecule has 14 heavy (non-hydrogen) atoms. The van der Waals surface area contributed by atoms with Crippen molar-refractivity contribution in [2.45, 2.75) is 26.1 Å². The lowest BCUT2D eigenvalue weighted by atomic mass is 10.3. The van der Waals surface area contributed by atoms with Crippen LogP contribution >= 0.6 is 0 Å². The lowest BCUT2D eigenvalue weighted by Crippen LogP contribution is -2.34. The van der Waals surface area contributed by atoms with E-state index in [1.165, 1.54) is 13.8 Å². The van der Waals surface area contributed by atoms with Gasteiger partial charge in [-0.15, -0.1) is 0 Å². The Morgan fingerprint density at radius 2 is 2.00 bits per heavy atom. The molecular formula is C7H11F3N4. The summed E-state index contributed by atoms with van der Waals surface area (Å²) >= 11 is 0. The van der Waals surface area contributed by atoms with Gasteiger partial charge in [-0.1, -0.05) is 0 Å². The second kappa shape index (κ2) is 3.56. The van der Waals surface area contributed by atoms with Crippen LogP contribution in [0.5, 0.6) is 0 Å². The molecule has 1 heterocycles. The summed E-state index contributed by atoms with van der Waals surface area (Å²) in [5.41, 5.74) is 5.06. The third-order valence-electron chi connectivity index (χ3n) is 1.80. The highest BCUT2D eigenvalue weighted by Gasteiger charge is 2.41. The van der Waals surface area contributed by atoms with Crippen LogP contribution in [0.3, 0.4) is 0 Å². The summed E-state index contributed by atoms with van der Waals surface area (Å²) in [7, 11) is 0. The van der Waals surface area contributed by atoms with Crippen molar-refractivity contribution >= 4 is 0 Å². The average molecular weight is 208 g/mol. The SMILES string of the molecule is Cc1nc(C)n(C(CN)C(F)(F)F)n1. The number of aromatic nitrogens is 3. The van der Waals surface area contributed by atoms with Crippen LogP contribution in [0.1, 0.15) is 17.7 Å². The molecule has 0 fully saturated rings. The van der Waals surface area contributed by atoms with Crippen molar-refractivity contribution in [2.75, 3.05) is 6.54 Å². The number of hydrogen-bond donors (Lipinski definition) is 1. The first-order chi connectivity index (χ1) is 6.36. The Morgan fingerprint density at radius 3 is 2.29 bits per heavy atom. The molecule has 0 saturated carbocycles. The number of nitrogens with zero attached hydrogens (tertiary/aromatic N) is 3. The second-order valence-corrected chi connectivity index (χ2v) is 2.94. The van der Waals surface area contributed by atoms with E-state index in [2.05, 4.69) is 10.1 Å². The molecule has 0 spiro atoms. The van der Waals surface area contributed by atoms with E-state index in [4.69, 9.17) is 5.73 Å². The molecule has 0 aromatic carbocycles. The highest BCUT2D eigenvalue weighted by atomic mass is 19.4. The van der Waals surface area contributed by atoms with Crippen molar-refractivity contribution < 1.29 is 13.2 Å². The van der Waals surface area contributed by atoms with Crippen LogP contribution in [-0.2, 0) is 0 Å². The quantitative estimate of drug-likeness (QED) is 0.787. The van der Waals surface area contributed by atoms with E-state index in [-0.39, 0.29) is 5.82 Å². The number of hydrogen-bond acceptors (Lipinski definition) is 3. The third kappa shape index (κ3) is 2.03. The van der Waals surface area contributed by atoms with Gasteiger partial charge in [0.2, 0.25) is 0 Å². The second-order valence-electron chi connectivity index (χ2n) is 2.94. The number of halogens is 3. The monoisotopic (exact) mass is 208 g/mol.